The van der Waals surface area contributed by atoms with Crippen LogP contribution in [0.4, 0.5) is 13.2 Å². The summed E-state index contributed by atoms with van der Waals surface area (Å²) in [5.41, 5.74) is 3.98. The smallest absolute Gasteiger partial charge is 0.326 e. The Kier molecular flexibility index (Phi) is 4.16. The second-order valence-corrected chi connectivity index (χ2v) is 4.96. The molecule has 0 aliphatic carbocycles. The number of Topliss-reactive ketones (excluding diaryl/α,β-unsaturated/α-hetero) is 1. The van der Waals surface area contributed by atoms with Crippen LogP contribution in [0.1, 0.15) is 42.6 Å². The van der Waals surface area contributed by atoms with Crippen molar-refractivity contribution in [1.82, 2.24) is 0 Å². The number of carbonyl (C=O) groups excluding carboxylic acids is 1. The fourth-order valence-corrected chi connectivity index (χ4v) is 1.54. The Labute approximate surface area is 104 Å². The molecule has 0 atom stereocenters. The highest BCUT2D eigenvalue weighted by atomic mass is 19.4. The zero-order valence-electron chi connectivity index (χ0n) is 10.3. The summed E-state index contributed by atoms with van der Waals surface area (Å²) in [5.74, 6) is -0.526. The quantitative estimate of drug-likeness (QED) is 0.842. The lowest BCUT2D eigenvalue weighted by atomic mass is 9.94. The molecule has 1 aromatic rings. The van der Waals surface area contributed by atoms with Crippen LogP contribution in [0, 0.1) is 0 Å². The van der Waals surface area contributed by atoms with Crippen molar-refractivity contribution in [3.8, 4) is 0 Å². The van der Waals surface area contributed by atoms with E-state index < -0.39 is 23.1 Å². The lowest BCUT2D eigenvalue weighted by Crippen LogP contribution is -2.32. The molecule has 0 radical (unpaired) electrons. The van der Waals surface area contributed by atoms with Crippen LogP contribution in [0.5, 0.6) is 0 Å². The van der Waals surface area contributed by atoms with Gasteiger partial charge in [-0.3, -0.25) is 4.79 Å². The van der Waals surface area contributed by atoms with Crippen molar-refractivity contribution in [3.05, 3.63) is 35.4 Å². The van der Waals surface area contributed by atoms with Crippen LogP contribution < -0.4 is 5.73 Å². The van der Waals surface area contributed by atoms with E-state index in [0.29, 0.717) is 6.42 Å². The van der Waals surface area contributed by atoms with Crippen LogP contribution in [-0.4, -0.2) is 11.3 Å². The van der Waals surface area contributed by atoms with Gasteiger partial charge in [0.1, 0.15) is 0 Å². The molecular weight excluding hydrogens is 243 g/mol. The minimum Gasteiger partial charge on any atom is -0.326 e. The fourth-order valence-electron chi connectivity index (χ4n) is 1.54. The van der Waals surface area contributed by atoms with E-state index in [1.807, 2.05) is 0 Å². The molecule has 18 heavy (non-hydrogen) atoms. The molecule has 100 valence electrons. The van der Waals surface area contributed by atoms with Crippen LogP contribution in [-0.2, 0) is 6.18 Å². The minimum atomic E-state index is -4.51. The number of alkyl halides is 3. The predicted molar refractivity (Wildman–Crippen MR) is 63.3 cm³/mol. The van der Waals surface area contributed by atoms with Crippen molar-refractivity contribution in [2.75, 3.05) is 0 Å². The van der Waals surface area contributed by atoms with E-state index >= 15 is 0 Å². The van der Waals surface area contributed by atoms with Crippen molar-refractivity contribution in [3.63, 3.8) is 0 Å². The highest BCUT2D eigenvalue weighted by Crippen LogP contribution is 2.32. The second kappa shape index (κ2) is 5.10. The molecule has 5 heteroatoms. The molecule has 0 saturated heterocycles. The van der Waals surface area contributed by atoms with E-state index in [-0.39, 0.29) is 12.0 Å². The van der Waals surface area contributed by atoms with Crippen molar-refractivity contribution < 1.29 is 18.0 Å². The molecule has 0 aromatic heterocycles. The second-order valence-electron chi connectivity index (χ2n) is 4.96. The van der Waals surface area contributed by atoms with E-state index in [2.05, 4.69) is 0 Å². The minimum absolute atomic E-state index is 0.0105. The summed E-state index contributed by atoms with van der Waals surface area (Å²) in [6, 6.07) is 4.82. The molecule has 0 fully saturated rings. The van der Waals surface area contributed by atoms with Gasteiger partial charge in [0.25, 0.3) is 0 Å². The number of halogens is 3. The molecule has 0 amide bonds. The lowest BCUT2D eigenvalue weighted by molar-refractivity contribution is -0.137. The largest absolute Gasteiger partial charge is 0.417 e. The Balaban J connectivity index is 2.93. The number of carbonyl (C=O) groups is 1. The van der Waals surface area contributed by atoms with Crippen molar-refractivity contribution in [2.45, 2.75) is 38.4 Å². The molecule has 0 saturated carbocycles. The predicted octanol–water partition coefficient (Wildman–Crippen LogP) is 3.41. The summed E-state index contributed by atoms with van der Waals surface area (Å²) in [5, 5.41) is 0. The van der Waals surface area contributed by atoms with Crippen molar-refractivity contribution in [1.29, 1.82) is 0 Å². The van der Waals surface area contributed by atoms with E-state index in [9.17, 15) is 18.0 Å². The van der Waals surface area contributed by atoms with E-state index in [1.165, 1.54) is 18.2 Å². The maximum absolute atomic E-state index is 12.7. The lowest BCUT2D eigenvalue weighted by Gasteiger charge is -2.18. The molecule has 0 aliphatic rings. The van der Waals surface area contributed by atoms with Gasteiger partial charge in [-0.25, -0.2) is 0 Å². The van der Waals surface area contributed by atoms with Gasteiger partial charge >= 0.3 is 6.18 Å². The van der Waals surface area contributed by atoms with Gasteiger partial charge in [0.2, 0.25) is 0 Å². The van der Waals surface area contributed by atoms with Crippen molar-refractivity contribution in [2.24, 2.45) is 5.73 Å². The van der Waals surface area contributed by atoms with Gasteiger partial charge in [0.05, 0.1) is 5.56 Å². The van der Waals surface area contributed by atoms with Crippen molar-refractivity contribution >= 4 is 5.78 Å². The number of rotatable bonds is 4. The molecule has 0 aliphatic heterocycles. The monoisotopic (exact) mass is 259 g/mol. The molecular formula is C13H16F3NO. The van der Waals surface area contributed by atoms with Gasteiger partial charge in [-0.2, -0.15) is 13.2 Å². The third kappa shape index (κ3) is 4.14. The highest BCUT2D eigenvalue weighted by molar-refractivity contribution is 5.97. The first-order valence-corrected chi connectivity index (χ1v) is 5.59. The van der Waals surface area contributed by atoms with Crippen LogP contribution in [0.2, 0.25) is 0 Å². The molecule has 1 rings (SSSR count). The van der Waals surface area contributed by atoms with E-state index in [1.54, 1.807) is 13.8 Å². The van der Waals surface area contributed by atoms with Crippen LogP contribution in [0.3, 0.4) is 0 Å². The molecule has 0 heterocycles. The molecule has 0 spiro atoms. The number of ketones is 1. The van der Waals surface area contributed by atoms with Crippen LogP contribution in [0.15, 0.2) is 24.3 Å². The molecule has 1 aromatic carbocycles. The number of hydrogen-bond donors (Lipinski definition) is 1. The molecule has 2 N–H and O–H groups in total. The molecule has 0 bridgehead atoms. The third-order valence-electron chi connectivity index (χ3n) is 2.53. The maximum atomic E-state index is 12.7. The topological polar surface area (TPSA) is 43.1 Å². The maximum Gasteiger partial charge on any atom is 0.417 e. The third-order valence-corrected chi connectivity index (χ3v) is 2.53. The SMILES string of the molecule is CC(C)(N)CCC(=O)c1ccccc1C(F)(F)F. The first-order chi connectivity index (χ1) is 8.11. The first-order valence-electron chi connectivity index (χ1n) is 5.59. The zero-order chi connectivity index (χ0) is 14.0. The fraction of sp³-hybridized carbons (Fsp3) is 0.462. The Morgan fingerprint density at radius 2 is 1.78 bits per heavy atom. The average Bonchev–Trinajstić information content (AvgIpc) is 2.24. The first kappa shape index (κ1) is 14.7. The summed E-state index contributed by atoms with van der Waals surface area (Å²) < 4.78 is 38.1. The van der Waals surface area contributed by atoms with Gasteiger partial charge in [-0.1, -0.05) is 18.2 Å². The zero-order valence-corrected chi connectivity index (χ0v) is 10.3. The van der Waals surface area contributed by atoms with Gasteiger partial charge in [-0.05, 0) is 26.3 Å². The molecule has 2 nitrogen and oxygen atoms in total. The Hall–Kier alpha value is -1.36. The Bertz CT molecular complexity index is 433. The summed E-state index contributed by atoms with van der Waals surface area (Å²) in [4.78, 5) is 11.8. The number of benzene rings is 1. The van der Waals surface area contributed by atoms with Gasteiger partial charge in [0, 0.05) is 17.5 Å². The van der Waals surface area contributed by atoms with Gasteiger partial charge in [0.15, 0.2) is 5.78 Å². The number of nitrogens with two attached hydrogens (primary N) is 1. The van der Waals surface area contributed by atoms with Crippen LogP contribution in [0.25, 0.3) is 0 Å². The highest BCUT2D eigenvalue weighted by Gasteiger charge is 2.34. The average molecular weight is 259 g/mol. The number of hydrogen-bond acceptors (Lipinski definition) is 2. The normalized spacial score (nSPS) is 12.6. The van der Waals surface area contributed by atoms with E-state index in [0.717, 1.165) is 6.07 Å². The van der Waals surface area contributed by atoms with Crippen LogP contribution >= 0.6 is 0 Å². The van der Waals surface area contributed by atoms with E-state index in [4.69, 9.17) is 5.73 Å². The summed E-state index contributed by atoms with van der Waals surface area (Å²) in [6.07, 6.45) is -4.15. The van der Waals surface area contributed by atoms with Gasteiger partial charge in [-0.15, -0.1) is 0 Å². The summed E-state index contributed by atoms with van der Waals surface area (Å²) in [7, 11) is 0. The standard InChI is InChI=1S/C13H16F3NO/c1-12(2,17)8-7-11(18)9-5-3-4-6-10(9)13(14,15)16/h3-6H,7-8,17H2,1-2H3. The summed E-state index contributed by atoms with van der Waals surface area (Å²) >= 11 is 0. The Morgan fingerprint density at radius 3 is 2.28 bits per heavy atom. The molecule has 0 unspecified atom stereocenters. The van der Waals surface area contributed by atoms with Gasteiger partial charge < -0.3 is 5.73 Å². The Morgan fingerprint density at radius 1 is 1.22 bits per heavy atom. The summed E-state index contributed by atoms with van der Waals surface area (Å²) in [6.45, 7) is 3.46.